The highest BCUT2D eigenvalue weighted by molar-refractivity contribution is 6.04. The third-order valence-electron chi connectivity index (χ3n) is 3.59. The van der Waals surface area contributed by atoms with E-state index in [1.54, 1.807) is 36.5 Å². The van der Waals surface area contributed by atoms with Crippen LogP contribution in [0.4, 0.5) is 5.69 Å². The van der Waals surface area contributed by atoms with Gasteiger partial charge in [0.15, 0.2) is 0 Å². The summed E-state index contributed by atoms with van der Waals surface area (Å²) in [6.07, 6.45) is 3.00. The van der Waals surface area contributed by atoms with E-state index in [0.29, 0.717) is 23.4 Å². The maximum atomic E-state index is 12.3. The van der Waals surface area contributed by atoms with Crippen LogP contribution < -0.4 is 16.2 Å². The number of hydrogen-bond acceptors (Lipinski definition) is 4. The maximum absolute atomic E-state index is 12.3. The summed E-state index contributed by atoms with van der Waals surface area (Å²) >= 11 is 0. The minimum atomic E-state index is -0.382. The van der Waals surface area contributed by atoms with E-state index in [2.05, 4.69) is 20.6 Å². The number of aromatic nitrogens is 2. The molecule has 0 radical (unpaired) electrons. The Morgan fingerprint density at radius 1 is 0.962 bits per heavy atom. The Morgan fingerprint density at radius 3 is 2.58 bits per heavy atom. The van der Waals surface area contributed by atoms with Gasteiger partial charge in [0.25, 0.3) is 11.8 Å². The van der Waals surface area contributed by atoms with Crippen LogP contribution in [0.2, 0.25) is 0 Å². The van der Waals surface area contributed by atoms with E-state index in [-0.39, 0.29) is 17.4 Å². The number of hydrogen-bond donors (Lipinski definition) is 3. The van der Waals surface area contributed by atoms with Crippen molar-refractivity contribution in [1.82, 2.24) is 15.3 Å². The van der Waals surface area contributed by atoms with Crippen LogP contribution in [0, 0.1) is 0 Å². The number of H-pyrrole nitrogens is 1. The average Bonchev–Trinajstić information content (AvgIpc) is 2.67. The van der Waals surface area contributed by atoms with Crippen molar-refractivity contribution in [1.29, 1.82) is 0 Å². The molecular formula is C19H16N4O3. The number of anilines is 1. The molecule has 0 aliphatic rings. The number of benzene rings is 1. The van der Waals surface area contributed by atoms with Gasteiger partial charge in [-0.3, -0.25) is 19.4 Å². The third-order valence-corrected chi connectivity index (χ3v) is 3.59. The largest absolute Gasteiger partial charge is 0.346 e. The van der Waals surface area contributed by atoms with Crippen molar-refractivity contribution in [3.8, 4) is 0 Å². The number of pyridine rings is 2. The van der Waals surface area contributed by atoms with Crippen molar-refractivity contribution in [3.63, 3.8) is 0 Å². The summed E-state index contributed by atoms with van der Waals surface area (Å²) in [5.74, 6) is -0.650. The van der Waals surface area contributed by atoms with Gasteiger partial charge in [0, 0.05) is 29.7 Å². The fraction of sp³-hybridized carbons (Fsp3) is 0.0526. The lowest BCUT2D eigenvalue weighted by Crippen LogP contribution is -2.23. The van der Waals surface area contributed by atoms with E-state index in [1.807, 2.05) is 12.1 Å². The van der Waals surface area contributed by atoms with Crippen LogP contribution in [0.1, 0.15) is 26.4 Å². The third kappa shape index (κ3) is 4.41. The molecule has 0 bridgehead atoms. The van der Waals surface area contributed by atoms with Gasteiger partial charge >= 0.3 is 0 Å². The first-order valence-corrected chi connectivity index (χ1v) is 7.90. The number of nitrogens with zero attached hydrogens (tertiary/aromatic N) is 1. The number of carbonyl (C=O) groups excluding carboxylic acids is 2. The molecule has 0 atom stereocenters. The molecule has 2 amide bonds. The van der Waals surface area contributed by atoms with Crippen LogP contribution in [0.5, 0.6) is 0 Å². The van der Waals surface area contributed by atoms with Gasteiger partial charge < -0.3 is 15.6 Å². The Bertz CT molecular complexity index is 963. The second-order valence-corrected chi connectivity index (χ2v) is 5.48. The average molecular weight is 348 g/mol. The second kappa shape index (κ2) is 7.89. The minimum absolute atomic E-state index is 0.268. The number of aromatic amines is 1. The van der Waals surface area contributed by atoms with Crippen molar-refractivity contribution in [2.75, 3.05) is 5.32 Å². The van der Waals surface area contributed by atoms with Crippen molar-refractivity contribution in [2.45, 2.75) is 6.54 Å². The molecule has 0 aliphatic heterocycles. The summed E-state index contributed by atoms with van der Waals surface area (Å²) in [5, 5.41) is 5.47. The molecular weight excluding hydrogens is 332 g/mol. The van der Waals surface area contributed by atoms with Crippen molar-refractivity contribution >= 4 is 17.5 Å². The Morgan fingerprint density at radius 2 is 1.85 bits per heavy atom. The van der Waals surface area contributed by atoms with E-state index in [0.717, 1.165) is 5.69 Å². The van der Waals surface area contributed by atoms with Gasteiger partial charge in [0.1, 0.15) is 0 Å². The summed E-state index contributed by atoms with van der Waals surface area (Å²) in [5.41, 5.74) is 1.68. The lowest BCUT2D eigenvalue weighted by atomic mass is 10.1. The molecule has 7 heteroatoms. The van der Waals surface area contributed by atoms with Crippen LogP contribution in [-0.4, -0.2) is 21.8 Å². The monoisotopic (exact) mass is 348 g/mol. The summed E-state index contributed by atoms with van der Waals surface area (Å²) in [6.45, 7) is 0.313. The van der Waals surface area contributed by atoms with E-state index < -0.39 is 0 Å². The highest BCUT2D eigenvalue weighted by atomic mass is 16.2. The Kier molecular flexibility index (Phi) is 5.19. The predicted octanol–water partition coefficient (Wildman–Crippen LogP) is 1.95. The molecule has 0 aliphatic carbocycles. The molecule has 7 nitrogen and oxygen atoms in total. The molecule has 26 heavy (non-hydrogen) atoms. The number of amides is 2. The van der Waals surface area contributed by atoms with Gasteiger partial charge in [-0.15, -0.1) is 0 Å². The Hall–Kier alpha value is -3.74. The molecule has 0 saturated heterocycles. The zero-order valence-electron chi connectivity index (χ0n) is 13.7. The number of nitrogens with one attached hydrogen (secondary N) is 3. The molecule has 3 aromatic rings. The van der Waals surface area contributed by atoms with E-state index >= 15 is 0 Å². The van der Waals surface area contributed by atoms with Gasteiger partial charge in [0.05, 0.1) is 17.8 Å². The van der Waals surface area contributed by atoms with Crippen LogP contribution in [-0.2, 0) is 6.54 Å². The molecule has 2 aromatic heterocycles. The first-order valence-electron chi connectivity index (χ1n) is 7.90. The quantitative estimate of drug-likeness (QED) is 0.655. The van der Waals surface area contributed by atoms with Crippen molar-refractivity contribution in [3.05, 3.63) is 94.2 Å². The summed E-state index contributed by atoms with van der Waals surface area (Å²) in [7, 11) is 0. The predicted molar refractivity (Wildman–Crippen MR) is 96.9 cm³/mol. The maximum Gasteiger partial charge on any atom is 0.257 e. The molecule has 0 spiro atoms. The van der Waals surface area contributed by atoms with E-state index in [4.69, 9.17) is 0 Å². The fourth-order valence-corrected chi connectivity index (χ4v) is 2.27. The van der Waals surface area contributed by atoms with Gasteiger partial charge in [0.2, 0.25) is 5.56 Å². The molecule has 3 rings (SSSR count). The lowest BCUT2D eigenvalue weighted by molar-refractivity contribution is 0.0949. The molecule has 3 N–H and O–H groups in total. The van der Waals surface area contributed by atoms with Crippen LogP contribution in [0.15, 0.2) is 71.8 Å². The van der Waals surface area contributed by atoms with Gasteiger partial charge in [-0.25, -0.2) is 0 Å². The van der Waals surface area contributed by atoms with Crippen LogP contribution >= 0.6 is 0 Å². The highest BCUT2D eigenvalue weighted by Crippen LogP contribution is 2.12. The first kappa shape index (κ1) is 17.1. The van der Waals surface area contributed by atoms with Crippen molar-refractivity contribution in [2.24, 2.45) is 0 Å². The smallest absolute Gasteiger partial charge is 0.257 e. The molecule has 0 saturated carbocycles. The van der Waals surface area contributed by atoms with E-state index in [9.17, 15) is 14.4 Å². The number of carbonyl (C=O) groups is 2. The Balaban J connectivity index is 1.65. The standard InChI is InChI=1S/C19H16N4O3/c24-17-8-7-14(11-21-17)19(26)23-15-6-3-4-13(10-15)18(25)22-12-16-5-1-2-9-20-16/h1-11H,12H2,(H,21,24)(H,22,25)(H,23,26). The molecule has 0 fully saturated rings. The van der Waals surface area contributed by atoms with Crippen LogP contribution in [0.3, 0.4) is 0 Å². The van der Waals surface area contributed by atoms with Crippen molar-refractivity contribution < 1.29 is 9.59 Å². The van der Waals surface area contributed by atoms with E-state index in [1.165, 1.54) is 18.3 Å². The minimum Gasteiger partial charge on any atom is -0.346 e. The zero-order valence-corrected chi connectivity index (χ0v) is 13.7. The summed E-state index contributed by atoms with van der Waals surface area (Å²) in [4.78, 5) is 42.1. The molecule has 0 unspecified atom stereocenters. The summed E-state index contributed by atoms with van der Waals surface area (Å²) < 4.78 is 0. The Labute approximate surface area is 149 Å². The lowest BCUT2D eigenvalue weighted by Gasteiger charge is -2.08. The topological polar surface area (TPSA) is 104 Å². The zero-order chi connectivity index (χ0) is 18.4. The van der Waals surface area contributed by atoms with Gasteiger partial charge in [-0.1, -0.05) is 12.1 Å². The molecule has 1 aromatic carbocycles. The SMILES string of the molecule is O=C(NCc1ccccn1)c1cccc(NC(=O)c2ccc(=O)[nH]c2)c1. The summed E-state index contributed by atoms with van der Waals surface area (Å²) in [6, 6.07) is 14.8. The normalized spacial score (nSPS) is 10.2. The molecule has 2 heterocycles. The number of rotatable bonds is 5. The fourth-order valence-electron chi connectivity index (χ4n) is 2.27. The molecule has 130 valence electrons. The van der Waals surface area contributed by atoms with Gasteiger partial charge in [-0.2, -0.15) is 0 Å². The highest BCUT2D eigenvalue weighted by Gasteiger charge is 2.09. The second-order valence-electron chi connectivity index (χ2n) is 5.48. The van der Waals surface area contributed by atoms with Gasteiger partial charge in [-0.05, 0) is 36.4 Å². The van der Waals surface area contributed by atoms with Crippen LogP contribution in [0.25, 0.3) is 0 Å². The first-order chi connectivity index (χ1) is 12.6.